The lowest BCUT2D eigenvalue weighted by Gasteiger charge is -2.12. The molecule has 0 aliphatic carbocycles. The Bertz CT molecular complexity index is 790. The maximum absolute atomic E-state index is 12.1. The molecule has 0 atom stereocenters. The number of hydrogen-bond acceptors (Lipinski definition) is 5. The van der Waals surface area contributed by atoms with E-state index in [0.29, 0.717) is 22.5 Å². The van der Waals surface area contributed by atoms with Crippen LogP contribution in [0, 0.1) is 20.8 Å². The van der Waals surface area contributed by atoms with Gasteiger partial charge in [0.1, 0.15) is 5.69 Å². The van der Waals surface area contributed by atoms with Crippen molar-refractivity contribution in [1.29, 1.82) is 0 Å². The van der Waals surface area contributed by atoms with Gasteiger partial charge >= 0.3 is 0 Å². The average molecular weight is 345 g/mol. The summed E-state index contributed by atoms with van der Waals surface area (Å²) in [6.45, 7) is 5.24. The molecule has 0 saturated carbocycles. The molecule has 0 radical (unpaired) electrons. The molecule has 0 unspecified atom stereocenters. The number of anilines is 1. The molecule has 0 fully saturated rings. The quantitative estimate of drug-likeness (QED) is 0.867. The summed E-state index contributed by atoms with van der Waals surface area (Å²) in [6.07, 6.45) is 0. The fraction of sp³-hybridized carbons (Fsp3) is 0.231. The van der Waals surface area contributed by atoms with E-state index in [2.05, 4.69) is 10.3 Å². The van der Waals surface area contributed by atoms with Gasteiger partial charge in [-0.05, 0) is 44.0 Å². The van der Waals surface area contributed by atoms with E-state index < -0.39 is 9.05 Å². The van der Waals surface area contributed by atoms with Crippen LogP contribution in [0.1, 0.15) is 26.6 Å². The third-order valence-electron chi connectivity index (χ3n) is 2.88. The van der Waals surface area contributed by atoms with E-state index in [4.69, 9.17) is 10.7 Å². The minimum absolute atomic E-state index is 0.0154. The highest BCUT2D eigenvalue weighted by Gasteiger charge is 2.17. The van der Waals surface area contributed by atoms with Crippen LogP contribution in [0.2, 0.25) is 0 Å². The molecule has 1 aromatic heterocycles. The third kappa shape index (κ3) is 3.61. The first-order chi connectivity index (χ1) is 9.68. The smallest absolute Gasteiger partial charge is 0.275 e. The molecule has 1 amide bonds. The van der Waals surface area contributed by atoms with Crippen molar-refractivity contribution in [2.45, 2.75) is 25.7 Å². The number of carbonyl (C=O) groups excluding carboxylic acids is 1. The lowest BCUT2D eigenvalue weighted by atomic mass is 10.1. The lowest BCUT2D eigenvalue weighted by molar-refractivity contribution is 0.102. The van der Waals surface area contributed by atoms with Gasteiger partial charge in [0.25, 0.3) is 15.0 Å². The maximum Gasteiger partial charge on any atom is 0.275 e. The van der Waals surface area contributed by atoms with Gasteiger partial charge in [-0.25, -0.2) is 13.4 Å². The number of aromatic nitrogens is 1. The number of halogens is 1. The Morgan fingerprint density at radius 1 is 1.24 bits per heavy atom. The molecule has 1 aromatic carbocycles. The number of nitrogens with one attached hydrogen (secondary N) is 1. The number of aryl methyl sites for hydroxylation is 3. The predicted octanol–water partition coefficient (Wildman–Crippen LogP) is 3.25. The minimum atomic E-state index is -3.79. The second kappa shape index (κ2) is 5.75. The van der Waals surface area contributed by atoms with Crippen LogP contribution < -0.4 is 5.32 Å². The van der Waals surface area contributed by atoms with Crippen molar-refractivity contribution in [3.63, 3.8) is 0 Å². The van der Waals surface area contributed by atoms with E-state index >= 15 is 0 Å². The minimum Gasteiger partial charge on any atom is -0.320 e. The van der Waals surface area contributed by atoms with Crippen LogP contribution in [0.15, 0.2) is 22.4 Å². The standard InChI is InChI=1S/C13H13ClN2O3S2/c1-7-4-10(21(14,18)19)5-8(2)12(7)16-13(17)11-6-20-9(3)15-11/h4-6H,1-3H3,(H,16,17). The number of rotatable bonds is 3. The first-order valence-electron chi connectivity index (χ1n) is 5.98. The number of thiazole rings is 1. The number of nitrogens with zero attached hydrogens (tertiary/aromatic N) is 1. The summed E-state index contributed by atoms with van der Waals surface area (Å²) in [6, 6.07) is 2.86. The van der Waals surface area contributed by atoms with E-state index in [-0.39, 0.29) is 10.8 Å². The van der Waals surface area contributed by atoms with Gasteiger partial charge < -0.3 is 5.32 Å². The van der Waals surface area contributed by atoms with E-state index in [0.717, 1.165) is 5.01 Å². The second-order valence-corrected chi connectivity index (χ2v) is 8.20. The molecule has 8 heteroatoms. The second-order valence-electron chi connectivity index (χ2n) is 4.58. The highest BCUT2D eigenvalue weighted by atomic mass is 35.7. The Morgan fingerprint density at radius 2 is 1.81 bits per heavy atom. The third-order valence-corrected chi connectivity index (χ3v) is 4.98. The van der Waals surface area contributed by atoms with Crippen LogP contribution in [0.25, 0.3) is 0 Å². The van der Waals surface area contributed by atoms with Crippen molar-refractivity contribution in [3.05, 3.63) is 39.3 Å². The highest BCUT2D eigenvalue weighted by molar-refractivity contribution is 8.13. The zero-order chi connectivity index (χ0) is 15.8. The van der Waals surface area contributed by atoms with Gasteiger partial charge in [0.05, 0.1) is 9.90 Å². The molecule has 0 bridgehead atoms. The molecule has 112 valence electrons. The van der Waals surface area contributed by atoms with Crippen molar-refractivity contribution in [2.75, 3.05) is 5.32 Å². The van der Waals surface area contributed by atoms with Gasteiger partial charge in [0.2, 0.25) is 0 Å². The topological polar surface area (TPSA) is 76.1 Å². The molecule has 0 saturated heterocycles. The van der Waals surface area contributed by atoms with Gasteiger partial charge in [-0.1, -0.05) is 0 Å². The molecule has 21 heavy (non-hydrogen) atoms. The SMILES string of the molecule is Cc1nc(C(=O)Nc2c(C)cc(S(=O)(=O)Cl)cc2C)cs1. The van der Waals surface area contributed by atoms with Crippen LogP contribution in [-0.4, -0.2) is 19.3 Å². The monoisotopic (exact) mass is 344 g/mol. The summed E-state index contributed by atoms with van der Waals surface area (Å²) in [4.78, 5) is 16.2. The molecule has 0 spiro atoms. The van der Waals surface area contributed by atoms with Gasteiger partial charge in [0, 0.05) is 21.7 Å². The fourth-order valence-electron chi connectivity index (χ4n) is 1.91. The molecular formula is C13H13ClN2O3S2. The molecule has 0 aliphatic rings. The molecular weight excluding hydrogens is 332 g/mol. The van der Waals surface area contributed by atoms with Gasteiger partial charge in [0.15, 0.2) is 0 Å². The maximum atomic E-state index is 12.1. The Labute approximate surface area is 131 Å². The zero-order valence-corrected chi connectivity index (χ0v) is 14.0. The summed E-state index contributed by atoms with van der Waals surface area (Å²) < 4.78 is 22.7. The van der Waals surface area contributed by atoms with E-state index in [1.807, 2.05) is 6.92 Å². The van der Waals surface area contributed by atoms with Crippen LogP contribution in [0.3, 0.4) is 0 Å². The number of hydrogen-bond donors (Lipinski definition) is 1. The molecule has 1 heterocycles. The van der Waals surface area contributed by atoms with Crippen LogP contribution >= 0.6 is 22.0 Å². The van der Waals surface area contributed by atoms with Crippen molar-refractivity contribution in [3.8, 4) is 0 Å². The Morgan fingerprint density at radius 3 is 2.24 bits per heavy atom. The Kier molecular flexibility index (Phi) is 4.36. The Balaban J connectivity index is 2.35. The van der Waals surface area contributed by atoms with Crippen molar-refractivity contribution >= 4 is 42.7 Å². The first-order valence-corrected chi connectivity index (χ1v) is 9.17. The normalized spacial score (nSPS) is 11.4. The molecule has 2 aromatic rings. The highest BCUT2D eigenvalue weighted by Crippen LogP contribution is 2.27. The summed E-state index contributed by atoms with van der Waals surface area (Å²) in [7, 11) is 1.54. The lowest BCUT2D eigenvalue weighted by Crippen LogP contribution is -2.14. The summed E-state index contributed by atoms with van der Waals surface area (Å²) in [5.74, 6) is -0.327. The predicted molar refractivity (Wildman–Crippen MR) is 83.8 cm³/mol. The zero-order valence-electron chi connectivity index (χ0n) is 11.6. The summed E-state index contributed by atoms with van der Waals surface area (Å²) >= 11 is 1.39. The first kappa shape index (κ1) is 15.9. The van der Waals surface area contributed by atoms with Gasteiger partial charge in [-0.2, -0.15) is 0 Å². The fourth-order valence-corrected chi connectivity index (χ4v) is 3.40. The van der Waals surface area contributed by atoms with E-state index in [1.54, 1.807) is 19.2 Å². The molecule has 5 nitrogen and oxygen atoms in total. The largest absolute Gasteiger partial charge is 0.320 e. The van der Waals surface area contributed by atoms with Crippen molar-refractivity contribution in [2.24, 2.45) is 0 Å². The van der Waals surface area contributed by atoms with Gasteiger partial charge in [-0.3, -0.25) is 4.79 Å². The van der Waals surface area contributed by atoms with E-state index in [9.17, 15) is 13.2 Å². The molecule has 0 aliphatic heterocycles. The van der Waals surface area contributed by atoms with Crippen molar-refractivity contribution in [1.82, 2.24) is 4.98 Å². The summed E-state index contributed by atoms with van der Waals surface area (Å²) in [5.41, 5.74) is 2.14. The average Bonchev–Trinajstić information content (AvgIpc) is 2.79. The summed E-state index contributed by atoms with van der Waals surface area (Å²) in [5, 5.41) is 5.23. The van der Waals surface area contributed by atoms with Gasteiger partial charge in [-0.15, -0.1) is 11.3 Å². The number of amides is 1. The van der Waals surface area contributed by atoms with Crippen molar-refractivity contribution < 1.29 is 13.2 Å². The van der Waals surface area contributed by atoms with Crippen LogP contribution in [0.4, 0.5) is 5.69 Å². The van der Waals surface area contributed by atoms with Crippen LogP contribution in [-0.2, 0) is 9.05 Å². The molecule has 2 rings (SSSR count). The molecule has 1 N–H and O–H groups in total. The Hall–Kier alpha value is -1.44. The number of carbonyl (C=O) groups is 1. The van der Waals surface area contributed by atoms with Crippen LogP contribution in [0.5, 0.6) is 0 Å². The van der Waals surface area contributed by atoms with E-state index in [1.165, 1.54) is 23.5 Å². The number of benzene rings is 1.